The quantitative estimate of drug-likeness (QED) is 0.624. The van der Waals surface area contributed by atoms with Crippen LogP contribution in [-0.4, -0.2) is 47.0 Å². The minimum Gasteiger partial charge on any atom is -0.466 e. The van der Waals surface area contributed by atoms with Gasteiger partial charge in [0.15, 0.2) is 5.17 Å². The first kappa shape index (κ1) is 21.5. The molecular weight excluding hydrogens is 410 g/mol. The maximum absolute atomic E-state index is 12.8. The first-order chi connectivity index (χ1) is 13.9. The van der Waals surface area contributed by atoms with Crippen molar-refractivity contribution in [3.63, 3.8) is 0 Å². The van der Waals surface area contributed by atoms with Crippen LogP contribution < -0.4 is 0 Å². The third kappa shape index (κ3) is 4.07. The van der Waals surface area contributed by atoms with Crippen LogP contribution in [-0.2, 0) is 14.3 Å². The fourth-order valence-corrected chi connectivity index (χ4v) is 4.78. The molecule has 0 bridgehead atoms. The Bertz CT molecular complexity index is 922. The Labute approximate surface area is 180 Å². The zero-order chi connectivity index (χ0) is 21.1. The molecule has 1 aromatic rings. The summed E-state index contributed by atoms with van der Waals surface area (Å²) < 4.78 is 5.05. The maximum Gasteiger partial charge on any atom is 0.338 e. The minimum atomic E-state index is -0.505. The van der Waals surface area contributed by atoms with Crippen LogP contribution in [0, 0.1) is 0 Å². The second-order valence-corrected chi connectivity index (χ2v) is 7.89. The molecule has 3 rings (SSSR count). The number of amidine groups is 1. The molecule has 0 fully saturated rings. The number of esters is 1. The van der Waals surface area contributed by atoms with Crippen molar-refractivity contribution in [1.29, 1.82) is 0 Å². The lowest BCUT2D eigenvalue weighted by molar-refractivity contribution is -0.136. The molecule has 2 aliphatic heterocycles. The minimum absolute atomic E-state index is 0.0342. The van der Waals surface area contributed by atoms with Gasteiger partial charge in [0, 0.05) is 23.8 Å². The molecule has 1 aromatic carbocycles. The van der Waals surface area contributed by atoms with Crippen LogP contribution in [0.25, 0.3) is 0 Å². The molecule has 1 unspecified atom stereocenters. The van der Waals surface area contributed by atoms with Crippen LogP contribution in [0.5, 0.6) is 0 Å². The zero-order valence-electron chi connectivity index (χ0n) is 16.9. The molecule has 0 aromatic heterocycles. The largest absolute Gasteiger partial charge is 0.466 e. The number of hydrogen-bond acceptors (Lipinski definition) is 6. The van der Waals surface area contributed by atoms with Crippen LogP contribution in [0.15, 0.2) is 51.6 Å². The van der Waals surface area contributed by atoms with Crippen LogP contribution in [0.2, 0.25) is 5.02 Å². The van der Waals surface area contributed by atoms with Gasteiger partial charge in [0.05, 0.1) is 30.8 Å². The van der Waals surface area contributed by atoms with Gasteiger partial charge in [-0.25, -0.2) is 9.79 Å². The van der Waals surface area contributed by atoms with Crippen LogP contribution >= 0.6 is 23.4 Å². The fraction of sp³-hybridized carbons (Fsp3) is 0.381. The highest BCUT2D eigenvalue weighted by Crippen LogP contribution is 2.46. The van der Waals surface area contributed by atoms with Gasteiger partial charge in [0.1, 0.15) is 0 Å². The third-order valence-corrected chi connectivity index (χ3v) is 6.29. The Morgan fingerprint density at radius 1 is 1.28 bits per heavy atom. The van der Waals surface area contributed by atoms with Gasteiger partial charge in [0.2, 0.25) is 5.91 Å². The Morgan fingerprint density at radius 3 is 2.59 bits per heavy atom. The van der Waals surface area contributed by atoms with E-state index in [1.165, 1.54) is 18.9 Å². The lowest BCUT2D eigenvalue weighted by Gasteiger charge is -2.36. The number of fused-ring (bicyclic) bond motifs is 1. The molecule has 1 amide bonds. The number of nitrogens with zero attached hydrogens (tertiary/aromatic N) is 3. The maximum atomic E-state index is 12.8. The van der Waals surface area contributed by atoms with Crippen LogP contribution in [0.3, 0.4) is 0 Å². The van der Waals surface area contributed by atoms with Crippen molar-refractivity contribution < 1.29 is 14.3 Å². The molecule has 0 saturated carbocycles. The summed E-state index contributed by atoms with van der Waals surface area (Å²) in [6.07, 6.45) is 0.224. The topological polar surface area (TPSA) is 62.2 Å². The highest BCUT2D eigenvalue weighted by atomic mass is 35.5. The Hall–Kier alpha value is -2.25. The van der Waals surface area contributed by atoms with Crippen molar-refractivity contribution >= 4 is 40.4 Å². The number of allylic oxidation sites excluding steroid dienone is 1. The fourth-order valence-electron chi connectivity index (χ4n) is 3.57. The SMILES string of the molecule is CCN(CC)C(=O)CC1=CSC2=NC(C)=C(C(=O)OC)C(c3ccccc3Cl)N12. The van der Waals surface area contributed by atoms with E-state index in [2.05, 4.69) is 4.99 Å². The zero-order valence-corrected chi connectivity index (χ0v) is 18.5. The molecule has 29 heavy (non-hydrogen) atoms. The molecule has 0 N–H and O–H groups in total. The number of methoxy groups -OCH3 is 1. The van der Waals surface area contributed by atoms with Crippen molar-refractivity contribution in [2.24, 2.45) is 4.99 Å². The Kier molecular flexibility index (Phi) is 6.70. The first-order valence-corrected chi connectivity index (χ1v) is 10.7. The summed E-state index contributed by atoms with van der Waals surface area (Å²) in [7, 11) is 1.35. The smallest absolute Gasteiger partial charge is 0.338 e. The average Bonchev–Trinajstić information content (AvgIpc) is 3.10. The molecule has 2 heterocycles. The van der Waals surface area contributed by atoms with E-state index >= 15 is 0 Å². The van der Waals surface area contributed by atoms with Crippen LogP contribution in [0.4, 0.5) is 0 Å². The van der Waals surface area contributed by atoms with Crippen molar-refractivity contribution in [2.45, 2.75) is 33.2 Å². The van der Waals surface area contributed by atoms with E-state index in [4.69, 9.17) is 16.3 Å². The number of aliphatic imine (C=N–C) groups is 1. The normalized spacial score (nSPS) is 18.2. The number of hydrogen-bond donors (Lipinski definition) is 0. The van der Waals surface area contributed by atoms with Crippen molar-refractivity contribution in [2.75, 3.05) is 20.2 Å². The molecule has 0 saturated heterocycles. The van der Waals surface area contributed by atoms with Gasteiger partial charge in [-0.1, -0.05) is 41.6 Å². The van der Waals surface area contributed by atoms with Gasteiger partial charge in [-0.15, -0.1) is 0 Å². The summed E-state index contributed by atoms with van der Waals surface area (Å²) in [6.45, 7) is 7.01. The van der Waals surface area contributed by atoms with E-state index in [1.54, 1.807) is 17.9 Å². The van der Waals surface area contributed by atoms with E-state index in [0.717, 1.165) is 16.4 Å². The van der Waals surface area contributed by atoms with E-state index < -0.39 is 12.0 Å². The number of carbonyl (C=O) groups is 2. The molecule has 2 aliphatic rings. The van der Waals surface area contributed by atoms with Gasteiger partial charge in [-0.05, 0) is 37.8 Å². The summed E-state index contributed by atoms with van der Waals surface area (Å²) in [4.78, 5) is 33.8. The van der Waals surface area contributed by atoms with E-state index in [1.807, 2.05) is 42.4 Å². The lowest BCUT2D eigenvalue weighted by atomic mass is 9.93. The number of halogens is 1. The second-order valence-electron chi connectivity index (χ2n) is 6.65. The highest BCUT2D eigenvalue weighted by molar-refractivity contribution is 8.16. The van der Waals surface area contributed by atoms with Crippen LogP contribution in [0.1, 0.15) is 38.8 Å². The number of benzene rings is 1. The predicted octanol–water partition coefficient (Wildman–Crippen LogP) is 4.35. The van der Waals surface area contributed by atoms with E-state index in [9.17, 15) is 9.59 Å². The standard InChI is InChI=1S/C21H24ClN3O3S/c1-5-24(6-2)17(26)11-14-12-29-21-23-13(3)18(20(27)28-4)19(25(14)21)15-9-7-8-10-16(15)22/h7-10,12,19H,5-6,11H2,1-4H3. The average molecular weight is 434 g/mol. The van der Waals surface area contributed by atoms with Crippen molar-refractivity contribution in [3.05, 3.63) is 57.2 Å². The summed E-state index contributed by atoms with van der Waals surface area (Å²) in [5.41, 5.74) is 2.58. The first-order valence-electron chi connectivity index (χ1n) is 9.47. The number of ether oxygens (including phenoxy) is 1. The molecule has 0 spiro atoms. The van der Waals surface area contributed by atoms with E-state index in [-0.39, 0.29) is 12.3 Å². The van der Waals surface area contributed by atoms with Gasteiger partial charge in [0.25, 0.3) is 0 Å². The predicted molar refractivity (Wildman–Crippen MR) is 116 cm³/mol. The Morgan fingerprint density at radius 2 is 1.97 bits per heavy atom. The van der Waals surface area contributed by atoms with Crippen molar-refractivity contribution in [1.82, 2.24) is 9.80 Å². The third-order valence-electron chi connectivity index (χ3n) is 5.05. The summed E-state index contributed by atoms with van der Waals surface area (Å²) in [5.74, 6) is -0.423. The van der Waals surface area contributed by atoms with Gasteiger partial charge >= 0.3 is 5.97 Å². The monoisotopic (exact) mass is 433 g/mol. The number of rotatable bonds is 6. The van der Waals surface area contributed by atoms with Gasteiger partial charge in [-0.2, -0.15) is 0 Å². The number of carbonyl (C=O) groups excluding carboxylic acids is 2. The summed E-state index contributed by atoms with van der Waals surface area (Å²) >= 11 is 7.96. The molecular formula is C21H24ClN3O3S. The molecule has 0 radical (unpaired) electrons. The number of thioether (sulfide) groups is 1. The molecule has 6 nitrogen and oxygen atoms in total. The molecule has 0 aliphatic carbocycles. The van der Waals surface area contributed by atoms with Gasteiger partial charge < -0.3 is 14.5 Å². The second kappa shape index (κ2) is 9.05. The summed E-state index contributed by atoms with van der Waals surface area (Å²) in [6, 6.07) is 6.90. The number of amides is 1. The highest BCUT2D eigenvalue weighted by Gasteiger charge is 2.41. The van der Waals surface area contributed by atoms with Gasteiger partial charge in [-0.3, -0.25) is 4.79 Å². The summed E-state index contributed by atoms with van der Waals surface area (Å²) in [5, 5.41) is 3.19. The molecule has 154 valence electrons. The van der Waals surface area contributed by atoms with E-state index in [0.29, 0.717) is 29.4 Å². The van der Waals surface area contributed by atoms with Crippen molar-refractivity contribution in [3.8, 4) is 0 Å². The molecule has 8 heteroatoms. The molecule has 1 atom stereocenters. The lowest BCUT2D eigenvalue weighted by Crippen LogP contribution is -2.38. The Balaban J connectivity index is 2.06.